The number of likely N-dealkylation sites (N-methyl/N-ethyl adjacent to an activating group) is 2. The minimum Gasteiger partial charge on any atom is -0.354 e. The number of rotatable bonds is 18. The Morgan fingerprint density at radius 2 is 1.00 bits per heavy atom. The summed E-state index contributed by atoms with van der Waals surface area (Å²) in [5.74, 6) is 4.43. The van der Waals surface area contributed by atoms with Crippen LogP contribution in [0.5, 0.6) is 0 Å². The van der Waals surface area contributed by atoms with E-state index in [2.05, 4.69) is 56.9 Å². The molecule has 6 N–H and O–H groups in total. The Hall–Kier alpha value is -5.52. The zero-order valence-corrected chi connectivity index (χ0v) is 34.5. The summed E-state index contributed by atoms with van der Waals surface area (Å²) in [7, 11) is 3.30. The molecule has 2 heterocycles. The maximum Gasteiger partial charge on any atom is 0.246 e. The molecule has 2 aromatic carbocycles. The SMILES string of the molecule is C=C.CN[C@@H](C)C(=O)NC(CC#CC[C@H](NC(=O)[C@H](C)NC)C(=O)N1CCCC1CNC(=O)Cc1ccccc1)C(=O)N1CCCC1CNC(=O)Cc1ccccc1. The van der Waals surface area contributed by atoms with E-state index in [-0.39, 0.29) is 73.2 Å². The Morgan fingerprint density at radius 1 is 0.638 bits per heavy atom. The fourth-order valence-corrected chi connectivity index (χ4v) is 6.83. The second-order valence-electron chi connectivity index (χ2n) is 14.5. The molecule has 14 heteroatoms. The molecule has 0 saturated carbocycles. The maximum absolute atomic E-state index is 14.0. The van der Waals surface area contributed by atoms with E-state index in [9.17, 15) is 28.8 Å². The van der Waals surface area contributed by atoms with Crippen LogP contribution in [0.1, 0.15) is 63.5 Å². The van der Waals surface area contributed by atoms with Crippen LogP contribution in [0.2, 0.25) is 0 Å². The van der Waals surface area contributed by atoms with Crippen LogP contribution in [0.3, 0.4) is 0 Å². The third kappa shape index (κ3) is 14.8. The fraction of sp³-hybridized carbons (Fsp3) is 0.500. The molecule has 0 aromatic heterocycles. The summed E-state index contributed by atoms with van der Waals surface area (Å²) in [5, 5.41) is 17.4. The number of hydrogen-bond acceptors (Lipinski definition) is 8. The molecule has 0 spiro atoms. The Labute approximate surface area is 343 Å². The number of amides is 6. The Bertz CT molecular complexity index is 1590. The van der Waals surface area contributed by atoms with Gasteiger partial charge in [0.25, 0.3) is 0 Å². The fourth-order valence-electron chi connectivity index (χ4n) is 6.83. The number of benzene rings is 2. The van der Waals surface area contributed by atoms with Crippen LogP contribution in [-0.2, 0) is 41.6 Å². The van der Waals surface area contributed by atoms with Crippen molar-refractivity contribution in [1.29, 1.82) is 0 Å². The normalized spacial score (nSPS) is 17.9. The van der Waals surface area contributed by atoms with Crippen molar-refractivity contribution in [3.8, 4) is 11.8 Å². The first kappa shape index (κ1) is 46.9. The summed E-state index contributed by atoms with van der Waals surface area (Å²) in [4.78, 5) is 82.8. The van der Waals surface area contributed by atoms with Crippen LogP contribution in [0, 0.1) is 11.8 Å². The highest BCUT2D eigenvalue weighted by molar-refractivity contribution is 5.91. The maximum atomic E-state index is 14.0. The molecule has 6 amide bonds. The molecule has 4 rings (SSSR count). The van der Waals surface area contributed by atoms with Gasteiger partial charge in [0.15, 0.2) is 0 Å². The van der Waals surface area contributed by atoms with Crippen molar-refractivity contribution in [2.24, 2.45) is 0 Å². The number of likely N-dealkylation sites (tertiary alicyclic amines) is 2. The molecule has 3 unspecified atom stereocenters. The number of hydrogen-bond donors (Lipinski definition) is 6. The number of carbonyl (C=O) groups excluding carboxylic acids is 6. The largest absolute Gasteiger partial charge is 0.354 e. The van der Waals surface area contributed by atoms with Gasteiger partial charge in [0.1, 0.15) is 12.1 Å². The van der Waals surface area contributed by atoms with Crippen LogP contribution in [-0.4, -0.2) is 122 Å². The van der Waals surface area contributed by atoms with Gasteiger partial charge in [-0.05, 0) is 64.8 Å². The minimum absolute atomic E-state index is 0.0217. The van der Waals surface area contributed by atoms with Gasteiger partial charge in [-0.2, -0.15) is 0 Å². The summed E-state index contributed by atoms with van der Waals surface area (Å²) in [6.45, 7) is 10.9. The molecule has 2 aromatic rings. The molecule has 2 fully saturated rings. The molecule has 6 atom stereocenters. The van der Waals surface area contributed by atoms with Crippen molar-refractivity contribution in [3.05, 3.63) is 84.9 Å². The minimum atomic E-state index is -0.970. The topological polar surface area (TPSA) is 181 Å². The smallest absolute Gasteiger partial charge is 0.246 e. The first-order valence-corrected chi connectivity index (χ1v) is 20.1. The monoisotopic (exact) mass is 798 g/mol. The van der Waals surface area contributed by atoms with Gasteiger partial charge < -0.3 is 41.7 Å². The quantitative estimate of drug-likeness (QED) is 0.0969. The van der Waals surface area contributed by atoms with Gasteiger partial charge in [-0.15, -0.1) is 25.0 Å². The molecular weight excluding hydrogens is 737 g/mol. The van der Waals surface area contributed by atoms with Gasteiger partial charge in [-0.25, -0.2) is 0 Å². The molecule has 0 radical (unpaired) electrons. The lowest BCUT2D eigenvalue weighted by atomic mass is 10.1. The highest BCUT2D eigenvalue weighted by atomic mass is 16.2. The van der Waals surface area contributed by atoms with Gasteiger partial charge >= 0.3 is 0 Å². The van der Waals surface area contributed by atoms with E-state index in [1.54, 1.807) is 37.7 Å². The lowest BCUT2D eigenvalue weighted by Crippen LogP contribution is -2.54. The van der Waals surface area contributed by atoms with Gasteiger partial charge in [-0.3, -0.25) is 28.8 Å². The molecule has 314 valence electrons. The summed E-state index contributed by atoms with van der Waals surface area (Å²) in [6.07, 6.45) is 3.36. The third-order valence-electron chi connectivity index (χ3n) is 10.4. The summed E-state index contributed by atoms with van der Waals surface area (Å²) in [5.41, 5.74) is 1.79. The predicted octanol–water partition coefficient (Wildman–Crippen LogP) is 1.46. The molecule has 0 bridgehead atoms. The Morgan fingerprint density at radius 3 is 1.34 bits per heavy atom. The van der Waals surface area contributed by atoms with E-state index in [0.717, 1.165) is 24.0 Å². The molecule has 2 saturated heterocycles. The number of nitrogens with one attached hydrogen (secondary N) is 6. The first-order chi connectivity index (χ1) is 28.0. The van der Waals surface area contributed by atoms with Crippen molar-refractivity contribution in [1.82, 2.24) is 41.7 Å². The summed E-state index contributed by atoms with van der Waals surface area (Å²) in [6, 6.07) is 15.3. The van der Waals surface area contributed by atoms with Gasteiger partial charge in [0.2, 0.25) is 35.4 Å². The van der Waals surface area contributed by atoms with E-state index in [0.29, 0.717) is 39.0 Å². The van der Waals surface area contributed by atoms with E-state index < -0.39 is 24.2 Å². The number of carbonyl (C=O) groups is 6. The zero-order valence-electron chi connectivity index (χ0n) is 34.5. The Kier molecular flexibility index (Phi) is 20.2. The van der Waals surface area contributed by atoms with Crippen LogP contribution >= 0.6 is 0 Å². The lowest BCUT2D eigenvalue weighted by Gasteiger charge is -2.30. The van der Waals surface area contributed by atoms with Crippen molar-refractivity contribution in [2.75, 3.05) is 40.3 Å². The van der Waals surface area contributed by atoms with Crippen LogP contribution < -0.4 is 31.9 Å². The Balaban J connectivity index is 0.00000443. The van der Waals surface area contributed by atoms with Crippen molar-refractivity contribution in [3.63, 3.8) is 0 Å². The van der Waals surface area contributed by atoms with E-state index >= 15 is 0 Å². The highest BCUT2D eigenvalue weighted by Gasteiger charge is 2.36. The second-order valence-corrected chi connectivity index (χ2v) is 14.5. The van der Waals surface area contributed by atoms with Crippen molar-refractivity contribution < 1.29 is 28.8 Å². The van der Waals surface area contributed by atoms with Gasteiger partial charge in [0.05, 0.1) is 24.9 Å². The van der Waals surface area contributed by atoms with Crippen LogP contribution in [0.25, 0.3) is 0 Å². The molecule has 14 nitrogen and oxygen atoms in total. The van der Waals surface area contributed by atoms with E-state index in [1.807, 2.05) is 60.7 Å². The predicted molar refractivity (Wildman–Crippen MR) is 225 cm³/mol. The zero-order chi connectivity index (χ0) is 42.5. The molecule has 2 aliphatic heterocycles. The molecular formula is C44H62N8O6. The van der Waals surface area contributed by atoms with Crippen molar-refractivity contribution >= 4 is 35.4 Å². The average Bonchev–Trinajstić information content (AvgIpc) is 3.93. The third-order valence-corrected chi connectivity index (χ3v) is 10.4. The highest BCUT2D eigenvalue weighted by Crippen LogP contribution is 2.20. The van der Waals surface area contributed by atoms with Gasteiger partial charge in [-0.1, -0.05) is 60.7 Å². The van der Waals surface area contributed by atoms with Crippen molar-refractivity contribution in [2.45, 2.75) is 101 Å². The van der Waals surface area contributed by atoms with Crippen LogP contribution in [0.15, 0.2) is 73.8 Å². The van der Waals surface area contributed by atoms with E-state index in [4.69, 9.17) is 0 Å². The average molecular weight is 799 g/mol. The molecule has 0 aliphatic carbocycles. The second kappa shape index (κ2) is 25.0. The van der Waals surface area contributed by atoms with Crippen LogP contribution in [0.4, 0.5) is 0 Å². The van der Waals surface area contributed by atoms with E-state index in [1.165, 1.54) is 0 Å². The lowest BCUT2D eigenvalue weighted by molar-refractivity contribution is -0.137. The van der Waals surface area contributed by atoms with Gasteiger partial charge in [0, 0.05) is 51.1 Å². The standard InChI is InChI=1S/C42H58N8O6.C2H4/c1-29(43-3)39(53)47-35(41(55)49-23-13-19-33(49)27-45-37(51)25-31-15-7-5-8-16-31)21-11-12-22-36(48-40(54)30(2)44-4)42(56)50-24-14-20-34(50)28-46-38(52)26-32-17-9-6-10-18-32;1-2/h5-10,15-18,29-30,33-36,43-44H,13-14,19-28H2,1-4H3,(H,45,51)(H,46,52)(H,47,53)(H,48,54);1-2H2/t29-,30-,33?,34?,35-,36?;/m0./s1. The number of nitrogens with zero attached hydrogens (tertiary/aromatic N) is 2. The summed E-state index contributed by atoms with van der Waals surface area (Å²) < 4.78 is 0. The summed E-state index contributed by atoms with van der Waals surface area (Å²) >= 11 is 0. The first-order valence-electron chi connectivity index (χ1n) is 20.1. The molecule has 2 aliphatic rings. The molecule has 58 heavy (non-hydrogen) atoms.